The number of aromatic amines is 1. The third-order valence-electron chi connectivity index (χ3n) is 3.62. The molecule has 5 heteroatoms. The van der Waals surface area contributed by atoms with Gasteiger partial charge in [-0.2, -0.15) is 0 Å². The highest BCUT2D eigenvalue weighted by molar-refractivity contribution is 5.89. The fourth-order valence-electron chi connectivity index (χ4n) is 2.81. The predicted molar refractivity (Wildman–Crippen MR) is 73.6 cm³/mol. The maximum absolute atomic E-state index is 11.2. The van der Waals surface area contributed by atoms with Crippen molar-refractivity contribution in [3.05, 3.63) is 52.4 Å². The molecule has 0 amide bonds. The molecule has 0 saturated carbocycles. The van der Waals surface area contributed by atoms with E-state index in [4.69, 9.17) is 5.73 Å². The van der Waals surface area contributed by atoms with Gasteiger partial charge in [-0.15, -0.1) is 4.91 Å². The number of nitrogen functional groups attached to an aromatic ring is 1. The van der Waals surface area contributed by atoms with Crippen molar-refractivity contribution in [3.63, 3.8) is 0 Å². The molecule has 3 N–H and O–H groups in total. The first-order chi connectivity index (χ1) is 9.28. The Balaban J connectivity index is 2.10. The van der Waals surface area contributed by atoms with Gasteiger partial charge in [0.2, 0.25) is 0 Å². The van der Waals surface area contributed by atoms with Crippen molar-refractivity contribution in [2.45, 2.75) is 6.04 Å². The summed E-state index contributed by atoms with van der Waals surface area (Å²) in [5.74, 6) is 0.377. The molecule has 0 fully saturated rings. The van der Waals surface area contributed by atoms with Gasteiger partial charge in [-0.1, -0.05) is 29.4 Å². The summed E-state index contributed by atoms with van der Waals surface area (Å²) in [4.78, 5) is 18.4. The molecule has 1 aliphatic carbocycles. The number of benzene rings is 2. The van der Waals surface area contributed by atoms with Gasteiger partial charge in [0.1, 0.15) is 6.04 Å². The number of rotatable bonds is 1. The highest BCUT2D eigenvalue weighted by atomic mass is 16.3. The van der Waals surface area contributed by atoms with E-state index in [2.05, 4.69) is 15.1 Å². The summed E-state index contributed by atoms with van der Waals surface area (Å²) in [5, 5.41) is 3.27. The third-order valence-corrected chi connectivity index (χ3v) is 3.62. The highest BCUT2D eigenvalue weighted by Crippen LogP contribution is 2.46. The number of H-pyrrole nitrogens is 1. The Morgan fingerprint density at radius 1 is 1.16 bits per heavy atom. The van der Waals surface area contributed by atoms with Crippen molar-refractivity contribution in [2.75, 3.05) is 5.73 Å². The second kappa shape index (κ2) is 3.41. The van der Waals surface area contributed by atoms with Gasteiger partial charge in [-0.3, -0.25) is 0 Å². The minimum Gasteiger partial charge on any atom is -0.369 e. The molecule has 1 aliphatic rings. The molecule has 2 aromatic carbocycles. The van der Waals surface area contributed by atoms with Gasteiger partial charge in [0, 0.05) is 0 Å². The zero-order valence-electron chi connectivity index (χ0n) is 9.92. The van der Waals surface area contributed by atoms with E-state index in [9.17, 15) is 4.91 Å². The van der Waals surface area contributed by atoms with Gasteiger partial charge in [0.05, 0.1) is 11.0 Å². The van der Waals surface area contributed by atoms with E-state index in [1.807, 2.05) is 36.4 Å². The van der Waals surface area contributed by atoms with Crippen LogP contribution < -0.4 is 5.73 Å². The van der Waals surface area contributed by atoms with E-state index in [-0.39, 0.29) is 0 Å². The van der Waals surface area contributed by atoms with Crippen LogP contribution in [0.4, 0.5) is 5.95 Å². The first kappa shape index (κ1) is 10.3. The van der Waals surface area contributed by atoms with Crippen molar-refractivity contribution in [2.24, 2.45) is 5.18 Å². The number of hydrogen-bond donors (Lipinski definition) is 2. The maximum Gasteiger partial charge on any atom is 0.198 e. The number of fused-ring (bicyclic) bond motifs is 4. The summed E-state index contributed by atoms with van der Waals surface area (Å²) in [6, 6.07) is 11.3. The lowest BCUT2D eigenvalue weighted by atomic mass is 10.1. The van der Waals surface area contributed by atoms with E-state index in [1.54, 1.807) is 0 Å². The number of nitrogens with one attached hydrogen (secondary N) is 1. The first-order valence-electron chi connectivity index (χ1n) is 5.99. The zero-order chi connectivity index (χ0) is 13.0. The Kier molecular flexibility index (Phi) is 1.84. The molecule has 92 valence electrons. The average Bonchev–Trinajstić information content (AvgIpc) is 2.92. The SMILES string of the molecule is Nc1nc2cc3c(cc2[nH]1)C(N=O)c1ccccc1-3. The molecule has 5 nitrogen and oxygen atoms in total. The summed E-state index contributed by atoms with van der Waals surface area (Å²) in [6.45, 7) is 0. The molecule has 0 bridgehead atoms. The quantitative estimate of drug-likeness (QED) is 0.651. The lowest BCUT2D eigenvalue weighted by molar-refractivity contribution is 0.893. The molecular weight excluding hydrogens is 240 g/mol. The molecule has 1 aromatic heterocycles. The van der Waals surface area contributed by atoms with Crippen LogP contribution in [0.2, 0.25) is 0 Å². The molecule has 3 aromatic rings. The van der Waals surface area contributed by atoms with Crippen LogP contribution >= 0.6 is 0 Å². The second-order valence-corrected chi connectivity index (χ2v) is 4.67. The monoisotopic (exact) mass is 250 g/mol. The number of hydrogen-bond acceptors (Lipinski definition) is 4. The normalized spacial score (nSPS) is 16.3. The number of anilines is 1. The minimum absolute atomic E-state index is 0.377. The standard InChI is InChI=1S/C14H10N4O/c15-14-16-11-5-9-7-3-1-2-4-8(7)13(18-19)10(9)6-12(11)17-14/h1-6,13H,(H3,15,16,17). The molecule has 19 heavy (non-hydrogen) atoms. The molecule has 4 rings (SSSR count). The van der Waals surface area contributed by atoms with Crippen LogP contribution in [0.25, 0.3) is 22.2 Å². The summed E-state index contributed by atoms with van der Waals surface area (Å²) >= 11 is 0. The van der Waals surface area contributed by atoms with Crippen molar-refractivity contribution in [3.8, 4) is 11.1 Å². The topological polar surface area (TPSA) is 84.1 Å². The minimum atomic E-state index is -0.444. The van der Waals surface area contributed by atoms with Crippen LogP contribution in [0.5, 0.6) is 0 Å². The Labute approximate surface area is 108 Å². The van der Waals surface area contributed by atoms with Gasteiger partial charge in [0.25, 0.3) is 0 Å². The fourth-order valence-corrected chi connectivity index (χ4v) is 2.81. The Morgan fingerprint density at radius 2 is 2.00 bits per heavy atom. The first-order valence-corrected chi connectivity index (χ1v) is 5.99. The van der Waals surface area contributed by atoms with Gasteiger partial charge in [0.15, 0.2) is 5.95 Å². The Hall–Kier alpha value is -2.69. The predicted octanol–water partition coefficient (Wildman–Crippen LogP) is 2.98. The third kappa shape index (κ3) is 1.26. The Bertz CT molecular complexity index is 821. The van der Waals surface area contributed by atoms with Crippen LogP contribution in [-0.4, -0.2) is 9.97 Å². The van der Waals surface area contributed by atoms with E-state index in [1.165, 1.54) is 0 Å². The number of nitrogens with zero attached hydrogens (tertiary/aromatic N) is 2. The average molecular weight is 250 g/mol. The van der Waals surface area contributed by atoms with Crippen molar-refractivity contribution in [1.82, 2.24) is 9.97 Å². The second-order valence-electron chi connectivity index (χ2n) is 4.67. The number of nitrogens with two attached hydrogens (primary N) is 1. The summed E-state index contributed by atoms with van der Waals surface area (Å²) < 4.78 is 0. The van der Waals surface area contributed by atoms with Gasteiger partial charge in [-0.05, 0) is 34.4 Å². The number of aromatic nitrogens is 2. The maximum atomic E-state index is 11.2. The molecule has 1 unspecified atom stereocenters. The van der Waals surface area contributed by atoms with Crippen LogP contribution in [0, 0.1) is 4.91 Å². The molecule has 1 heterocycles. The molecule has 0 aliphatic heterocycles. The number of imidazole rings is 1. The lowest BCUT2D eigenvalue weighted by Crippen LogP contribution is -1.90. The zero-order valence-corrected chi connectivity index (χ0v) is 9.92. The molecule has 1 atom stereocenters. The van der Waals surface area contributed by atoms with Crippen molar-refractivity contribution in [1.29, 1.82) is 0 Å². The smallest absolute Gasteiger partial charge is 0.198 e. The molecule has 0 saturated heterocycles. The highest BCUT2D eigenvalue weighted by Gasteiger charge is 2.30. The molecule has 0 spiro atoms. The Morgan fingerprint density at radius 3 is 2.84 bits per heavy atom. The van der Waals surface area contributed by atoms with Gasteiger partial charge >= 0.3 is 0 Å². The van der Waals surface area contributed by atoms with Crippen molar-refractivity contribution < 1.29 is 0 Å². The van der Waals surface area contributed by atoms with Gasteiger partial charge in [-0.25, -0.2) is 4.98 Å². The van der Waals surface area contributed by atoms with E-state index >= 15 is 0 Å². The van der Waals surface area contributed by atoms with Crippen LogP contribution in [0.3, 0.4) is 0 Å². The lowest BCUT2D eigenvalue weighted by Gasteiger charge is -2.02. The van der Waals surface area contributed by atoms with Gasteiger partial charge < -0.3 is 10.7 Å². The van der Waals surface area contributed by atoms with E-state index in [0.29, 0.717) is 5.95 Å². The number of nitroso groups, excluding NO2 is 1. The van der Waals surface area contributed by atoms with Crippen LogP contribution in [0.1, 0.15) is 17.2 Å². The summed E-state index contributed by atoms with van der Waals surface area (Å²) in [5.41, 5.74) is 11.2. The van der Waals surface area contributed by atoms with E-state index < -0.39 is 6.04 Å². The van der Waals surface area contributed by atoms with Crippen LogP contribution in [-0.2, 0) is 0 Å². The van der Waals surface area contributed by atoms with Crippen LogP contribution in [0.15, 0.2) is 41.6 Å². The molecular formula is C14H10N4O. The van der Waals surface area contributed by atoms with Crippen molar-refractivity contribution >= 4 is 17.0 Å². The largest absolute Gasteiger partial charge is 0.369 e. The summed E-state index contributed by atoms with van der Waals surface area (Å²) in [7, 11) is 0. The molecule has 0 radical (unpaired) electrons. The van der Waals surface area contributed by atoms with E-state index in [0.717, 1.165) is 33.3 Å². The fraction of sp³-hybridized carbons (Fsp3) is 0.0714. The summed E-state index contributed by atoms with van der Waals surface area (Å²) in [6.07, 6.45) is 0.